The van der Waals surface area contributed by atoms with E-state index in [9.17, 15) is 13.2 Å². The second-order valence-corrected chi connectivity index (χ2v) is 13.6. The Labute approximate surface area is 275 Å². The van der Waals surface area contributed by atoms with Gasteiger partial charge >= 0.3 is 5.97 Å². The van der Waals surface area contributed by atoms with E-state index in [-0.39, 0.29) is 49.3 Å². The highest BCUT2D eigenvalue weighted by Gasteiger charge is 2.34. The molecule has 0 aliphatic carbocycles. The fourth-order valence-electron chi connectivity index (χ4n) is 5.83. The molecule has 0 amide bonds. The maximum absolute atomic E-state index is 14.0. The van der Waals surface area contributed by atoms with Gasteiger partial charge in [0.2, 0.25) is 10.0 Å². The average molecular weight is 667 g/mol. The van der Waals surface area contributed by atoms with Crippen LogP contribution in [0.2, 0.25) is 0 Å². The lowest BCUT2D eigenvalue weighted by Crippen LogP contribution is -2.35. The minimum Gasteiger partial charge on any atom is -0.494 e. The van der Waals surface area contributed by atoms with Crippen LogP contribution < -0.4 is 14.2 Å². The van der Waals surface area contributed by atoms with E-state index in [0.29, 0.717) is 36.5 Å². The Morgan fingerprint density at radius 3 is 2.68 bits per heavy atom. The van der Waals surface area contributed by atoms with Gasteiger partial charge in [0.05, 0.1) is 33.3 Å². The third kappa shape index (κ3) is 7.53. The smallest absolute Gasteiger partial charge is 0.306 e. The summed E-state index contributed by atoms with van der Waals surface area (Å²) in [5, 5.41) is 17.4. The van der Waals surface area contributed by atoms with Crippen LogP contribution in [0.15, 0.2) is 53.4 Å². The molecule has 0 saturated carbocycles. The topological polar surface area (TPSA) is 142 Å². The fourth-order valence-corrected chi connectivity index (χ4v) is 7.42. The van der Waals surface area contributed by atoms with E-state index in [2.05, 4.69) is 10.3 Å². The Kier molecular flexibility index (Phi) is 10.7. The summed E-state index contributed by atoms with van der Waals surface area (Å²) in [6.07, 6.45) is 0.938. The first-order chi connectivity index (χ1) is 22.5. The Hall–Kier alpha value is -4.20. The molecule has 47 heavy (non-hydrogen) atoms. The van der Waals surface area contributed by atoms with Crippen LogP contribution in [0.1, 0.15) is 61.3 Å². The fraction of sp³-hybridized carbons (Fsp3) is 0.441. The van der Waals surface area contributed by atoms with Gasteiger partial charge in [-0.05, 0) is 80.1 Å². The number of hydrogen-bond donors (Lipinski definition) is 1. The van der Waals surface area contributed by atoms with Crippen molar-refractivity contribution in [2.24, 2.45) is 7.05 Å². The third-order valence-corrected chi connectivity index (χ3v) is 10.1. The summed E-state index contributed by atoms with van der Waals surface area (Å²) < 4.78 is 54.0. The van der Waals surface area contributed by atoms with Crippen molar-refractivity contribution in [2.45, 2.75) is 63.5 Å². The molecule has 13 heteroatoms. The van der Waals surface area contributed by atoms with E-state index in [1.54, 1.807) is 37.9 Å². The number of rotatable bonds is 13. The van der Waals surface area contributed by atoms with E-state index in [4.69, 9.17) is 24.1 Å². The molecule has 1 aliphatic heterocycles. The minimum absolute atomic E-state index is 0.0654. The molecule has 0 saturated heterocycles. The van der Waals surface area contributed by atoms with Crippen LogP contribution in [0.25, 0.3) is 11.0 Å². The molecule has 2 atom stereocenters. The number of aliphatic hydroxyl groups is 1. The number of nitrogens with zero attached hydrogens (tertiary/aromatic N) is 4. The van der Waals surface area contributed by atoms with Crippen molar-refractivity contribution in [3.05, 3.63) is 70.8 Å². The number of carbonyl (C=O) groups is 1. The highest BCUT2D eigenvalue weighted by molar-refractivity contribution is 7.89. The first-order valence-corrected chi connectivity index (χ1v) is 17.2. The number of aryl methyl sites for hydroxylation is 2. The van der Waals surface area contributed by atoms with E-state index in [0.717, 1.165) is 27.8 Å². The summed E-state index contributed by atoms with van der Waals surface area (Å²) >= 11 is 0. The van der Waals surface area contributed by atoms with Gasteiger partial charge in [-0.15, -0.1) is 5.10 Å². The number of methoxy groups -OCH3 is 1. The van der Waals surface area contributed by atoms with Crippen molar-refractivity contribution in [3.63, 3.8) is 0 Å². The number of aromatic nitrogens is 3. The van der Waals surface area contributed by atoms with Crippen LogP contribution in [0.5, 0.6) is 17.2 Å². The number of benzene rings is 3. The molecule has 0 spiro atoms. The van der Waals surface area contributed by atoms with Gasteiger partial charge < -0.3 is 24.1 Å². The molecule has 0 fully saturated rings. The SMILES string of the molecule is CCOC(=O)CC(c1ccc(C)c(CN2CC(C)Oc3cc(OCCCCO)ccc3S2(=O)=O)c1)c1cc(OC)c2c(c1)nnn2C. The number of carbonyl (C=O) groups excluding carboxylic acids is 1. The maximum Gasteiger partial charge on any atom is 0.306 e. The number of unbranched alkanes of at least 4 members (excludes halogenated alkanes) is 1. The summed E-state index contributed by atoms with van der Waals surface area (Å²) in [4.78, 5) is 12.9. The average Bonchev–Trinajstić information content (AvgIpc) is 3.38. The first-order valence-electron chi connectivity index (χ1n) is 15.7. The first kappa shape index (κ1) is 34.1. The quantitative estimate of drug-likeness (QED) is 0.160. The lowest BCUT2D eigenvalue weighted by atomic mass is 9.86. The van der Waals surface area contributed by atoms with Gasteiger partial charge in [0, 0.05) is 32.2 Å². The largest absolute Gasteiger partial charge is 0.494 e. The van der Waals surface area contributed by atoms with Crippen LogP contribution in [0.4, 0.5) is 0 Å². The molecule has 3 aromatic carbocycles. The molecular weight excluding hydrogens is 624 g/mol. The predicted molar refractivity (Wildman–Crippen MR) is 175 cm³/mol. The molecule has 1 aromatic heterocycles. The molecule has 1 aliphatic rings. The molecule has 2 unspecified atom stereocenters. The minimum atomic E-state index is -3.94. The maximum atomic E-state index is 14.0. The Balaban J connectivity index is 1.49. The third-order valence-electron chi connectivity index (χ3n) is 8.25. The van der Waals surface area contributed by atoms with Gasteiger partial charge in [-0.1, -0.05) is 23.4 Å². The highest BCUT2D eigenvalue weighted by atomic mass is 32.2. The number of ether oxygens (including phenoxy) is 4. The van der Waals surface area contributed by atoms with E-state index < -0.39 is 22.0 Å². The van der Waals surface area contributed by atoms with Gasteiger partial charge in [-0.3, -0.25) is 4.79 Å². The zero-order chi connectivity index (χ0) is 33.7. The number of sulfonamides is 1. The number of esters is 1. The molecule has 0 bridgehead atoms. The van der Waals surface area contributed by atoms with Crippen molar-refractivity contribution < 1.29 is 37.3 Å². The van der Waals surface area contributed by atoms with Crippen molar-refractivity contribution >= 4 is 27.0 Å². The lowest BCUT2D eigenvalue weighted by molar-refractivity contribution is -0.143. The van der Waals surface area contributed by atoms with Gasteiger partial charge in [0.15, 0.2) is 0 Å². The van der Waals surface area contributed by atoms with Gasteiger partial charge in [-0.25, -0.2) is 13.1 Å². The molecule has 12 nitrogen and oxygen atoms in total. The summed E-state index contributed by atoms with van der Waals surface area (Å²) in [7, 11) is -0.581. The highest BCUT2D eigenvalue weighted by Crippen LogP contribution is 2.38. The lowest BCUT2D eigenvalue weighted by Gasteiger charge is -2.24. The summed E-state index contributed by atoms with van der Waals surface area (Å²) in [5.74, 6) is 0.548. The normalized spacial score (nSPS) is 16.6. The second kappa shape index (κ2) is 14.7. The van der Waals surface area contributed by atoms with Crippen LogP contribution in [-0.4, -0.2) is 78.4 Å². The summed E-state index contributed by atoms with van der Waals surface area (Å²) in [5.41, 5.74) is 4.69. The van der Waals surface area contributed by atoms with Crippen molar-refractivity contribution in [3.8, 4) is 17.2 Å². The van der Waals surface area contributed by atoms with Crippen LogP contribution >= 0.6 is 0 Å². The van der Waals surface area contributed by atoms with E-state index >= 15 is 0 Å². The van der Waals surface area contributed by atoms with Crippen LogP contribution in [-0.2, 0) is 33.1 Å². The van der Waals surface area contributed by atoms with E-state index in [1.165, 1.54) is 10.4 Å². The van der Waals surface area contributed by atoms with Crippen molar-refractivity contribution in [2.75, 3.05) is 33.5 Å². The molecule has 2 heterocycles. The predicted octanol–water partition coefficient (Wildman–Crippen LogP) is 4.49. The van der Waals surface area contributed by atoms with Crippen molar-refractivity contribution in [1.82, 2.24) is 19.3 Å². The summed E-state index contributed by atoms with van der Waals surface area (Å²) in [6.45, 7) is 6.53. The zero-order valence-electron chi connectivity index (χ0n) is 27.4. The molecule has 4 aromatic rings. The Morgan fingerprint density at radius 1 is 1.13 bits per heavy atom. The molecular formula is C34H42N4O8S. The van der Waals surface area contributed by atoms with Gasteiger partial charge in [0.1, 0.15) is 39.3 Å². The van der Waals surface area contributed by atoms with Gasteiger partial charge in [0.25, 0.3) is 0 Å². The number of hydrogen-bond acceptors (Lipinski definition) is 10. The van der Waals surface area contributed by atoms with Gasteiger partial charge in [-0.2, -0.15) is 4.31 Å². The zero-order valence-corrected chi connectivity index (χ0v) is 28.2. The molecule has 252 valence electrons. The molecule has 1 N–H and O–H groups in total. The standard InChI is InChI=1S/C34H42N4O8S/c1-6-44-33(40)19-28(25-16-29-34(31(17-25)43-5)37(4)36-35-29)24-10-9-22(2)26(15-24)21-38-20-23(3)46-30-18-27(45-14-8-7-13-39)11-12-32(30)47(38,41)42/h9-12,15-18,23,28,39H,6-8,13-14,19-21H2,1-5H3. The number of fused-ring (bicyclic) bond motifs is 2. The van der Waals surface area contributed by atoms with Crippen LogP contribution in [0.3, 0.4) is 0 Å². The molecule has 0 radical (unpaired) electrons. The monoisotopic (exact) mass is 666 g/mol. The van der Waals surface area contributed by atoms with Crippen LogP contribution in [0, 0.1) is 6.92 Å². The second-order valence-electron chi connectivity index (χ2n) is 11.7. The Bertz CT molecular complexity index is 1840. The van der Waals surface area contributed by atoms with E-state index in [1.807, 2.05) is 44.2 Å². The van der Waals surface area contributed by atoms with Crippen molar-refractivity contribution in [1.29, 1.82) is 0 Å². The molecule has 5 rings (SSSR count). The number of aliphatic hydroxyl groups excluding tert-OH is 1. The summed E-state index contributed by atoms with van der Waals surface area (Å²) in [6, 6.07) is 14.4. The Morgan fingerprint density at radius 2 is 1.94 bits per heavy atom.